The van der Waals surface area contributed by atoms with Gasteiger partial charge in [0.2, 0.25) is 0 Å². The number of hydrogen-bond donors (Lipinski definition) is 1. The zero-order valence-electron chi connectivity index (χ0n) is 11.3. The maximum atomic E-state index is 5.76. The zero-order chi connectivity index (χ0) is 12.7. The van der Waals surface area contributed by atoms with Crippen molar-refractivity contribution >= 4 is 0 Å². The monoisotopic (exact) mass is 235 g/mol. The highest BCUT2D eigenvalue weighted by Crippen LogP contribution is 2.08. The van der Waals surface area contributed by atoms with Crippen molar-refractivity contribution in [2.75, 3.05) is 19.6 Å². The minimum absolute atomic E-state index is 0.597. The third-order valence-corrected chi connectivity index (χ3v) is 3.21. The molecule has 0 aliphatic heterocycles. The molecule has 0 saturated heterocycles. The normalized spacial score (nSPS) is 13.0. The molecule has 0 saturated carbocycles. The van der Waals surface area contributed by atoms with Gasteiger partial charge in [-0.2, -0.15) is 0 Å². The summed E-state index contributed by atoms with van der Waals surface area (Å²) >= 11 is 0. The summed E-state index contributed by atoms with van der Waals surface area (Å²) in [7, 11) is 0. The van der Waals surface area contributed by atoms with Crippen molar-refractivity contribution in [1.82, 2.24) is 9.88 Å². The van der Waals surface area contributed by atoms with Crippen molar-refractivity contribution in [2.24, 2.45) is 11.7 Å². The van der Waals surface area contributed by atoms with Crippen LogP contribution in [-0.4, -0.2) is 29.5 Å². The number of nitrogens with two attached hydrogens (primary N) is 1. The Morgan fingerprint density at radius 2 is 2.12 bits per heavy atom. The van der Waals surface area contributed by atoms with Gasteiger partial charge in [0.25, 0.3) is 0 Å². The lowest BCUT2D eigenvalue weighted by Crippen LogP contribution is -2.32. The summed E-state index contributed by atoms with van der Waals surface area (Å²) in [6, 6.07) is 6.21. The Morgan fingerprint density at radius 3 is 2.65 bits per heavy atom. The summed E-state index contributed by atoms with van der Waals surface area (Å²) < 4.78 is 0. The van der Waals surface area contributed by atoms with Crippen LogP contribution in [0, 0.1) is 12.8 Å². The van der Waals surface area contributed by atoms with Gasteiger partial charge >= 0.3 is 0 Å². The Bertz CT molecular complexity index is 321. The lowest BCUT2D eigenvalue weighted by Gasteiger charge is -2.24. The predicted octanol–water partition coefficient (Wildman–Crippen LogP) is 2.20. The molecule has 1 atom stereocenters. The van der Waals surface area contributed by atoms with Gasteiger partial charge in [0, 0.05) is 18.8 Å². The second kappa shape index (κ2) is 7.41. The fourth-order valence-electron chi connectivity index (χ4n) is 1.96. The summed E-state index contributed by atoms with van der Waals surface area (Å²) in [6.07, 6.45) is 1.15. The average molecular weight is 235 g/mol. The van der Waals surface area contributed by atoms with Crippen molar-refractivity contribution in [3.63, 3.8) is 0 Å². The second-order valence-electron chi connectivity index (χ2n) is 4.61. The van der Waals surface area contributed by atoms with E-state index in [1.807, 2.05) is 13.0 Å². The van der Waals surface area contributed by atoms with E-state index in [9.17, 15) is 0 Å². The van der Waals surface area contributed by atoms with Crippen LogP contribution in [0.5, 0.6) is 0 Å². The van der Waals surface area contributed by atoms with Gasteiger partial charge in [0.05, 0.1) is 5.69 Å². The molecule has 3 heteroatoms. The van der Waals surface area contributed by atoms with Crippen molar-refractivity contribution < 1.29 is 0 Å². The Balaban J connectivity index is 2.57. The van der Waals surface area contributed by atoms with Crippen LogP contribution in [0.3, 0.4) is 0 Å². The van der Waals surface area contributed by atoms with Crippen molar-refractivity contribution in [3.8, 4) is 0 Å². The summed E-state index contributed by atoms with van der Waals surface area (Å²) in [5, 5.41) is 0. The van der Waals surface area contributed by atoms with Gasteiger partial charge < -0.3 is 5.73 Å². The molecule has 0 fully saturated rings. The molecule has 0 amide bonds. The van der Waals surface area contributed by atoms with Gasteiger partial charge in [-0.1, -0.05) is 26.3 Å². The molecule has 1 rings (SSSR count). The summed E-state index contributed by atoms with van der Waals surface area (Å²) in [5.74, 6) is 0.597. The number of nitrogens with zero attached hydrogens (tertiary/aromatic N) is 2. The van der Waals surface area contributed by atoms with E-state index in [0.717, 1.165) is 44.0 Å². The fraction of sp³-hybridized carbons (Fsp3) is 0.643. The number of aryl methyl sites for hydroxylation is 1. The third kappa shape index (κ3) is 4.84. The Kier molecular flexibility index (Phi) is 6.16. The van der Waals surface area contributed by atoms with E-state index in [0.29, 0.717) is 5.92 Å². The van der Waals surface area contributed by atoms with Gasteiger partial charge in [-0.3, -0.25) is 9.88 Å². The van der Waals surface area contributed by atoms with Gasteiger partial charge in [-0.05, 0) is 38.1 Å². The first-order valence-electron chi connectivity index (χ1n) is 6.54. The van der Waals surface area contributed by atoms with E-state index in [2.05, 4.69) is 35.9 Å². The molecule has 1 aromatic heterocycles. The first-order valence-corrected chi connectivity index (χ1v) is 6.54. The minimum atomic E-state index is 0.597. The second-order valence-corrected chi connectivity index (χ2v) is 4.61. The van der Waals surface area contributed by atoms with E-state index in [4.69, 9.17) is 5.73 Å². The molecule has 1 unspecified atom stereocenters. The van der Waals surface area contributed by atoms with Crippen LogP contribution in [0.1, 0.15) is 31.7 Å². The molecular weight excluding hydrogens is 210 g/mol. The molecule has 0 bridgehead atoms. The van der Waals surface area contributed by atoms with Crippen LogP contribution in [-0.2, 0) is 6.54 Å². The molecule has 0 aliphatic rings. The highest BCUT2D eigenvalue weighted by atomic mass is 15.1. The van der Waals surface area contributed by atoms with Crippen LogP contribution in [0.25, 0.3) is 0 Å². The van der Waals surface area contributed by atoms with Crippen molar-refractivity contribution in [2.45, 2.75) is 33.7 Å². The Morgan fingerprint density at radius 1 is 1.35 bits per heavy atom. The van der Waals surface area contributed by atoms with Crippen LogP contribution in [0.2, 0.25) is 0 Å². The van der Waals surface area contributed by atoms with Crippen LogP contribution < -0.4 is 5.73 Å². The van der Waals surface area contributed by atoms with E-state index >= 15 is 0 Å². The summed E-state index contributed by atoms with van der Waals surface area (Å²) in [4.78, 5) is 6.97. The molecule has 1 heterocycles. The highest BCUT2D eigenvalue weighted by molar-refractivity contribution is 5.09. The topological polar surface area (TPSA) is 42.1 Å². The van der Waals surface area contributed by atoms with Gasteiger partial charge in [0.1, 0.15) is 0 Å². The van der Waals surface area contributed by atoms with Crippen LogP contribution >= 0.6 is 0 Å². The van der Waals surface area contributed by atoms with Crippen molar-refractivity contribution in [1.29, 1.82) is 0 Å². The van der Waals surface area contributed by atoms with Crippen LogP contribution in [0.15, 0.2) is 18.2 Å². The minimum Gasteiger partial charge on any atom is -0.330 e. The first-order chi connectivity index (χ1) is 8.19. The highest BCUT2D eigenvalue weighted by Gasteiger charge is 2.11. The summed E-state index contributed by atoms with van der Waals surface area (Å²) in [6.45, 7) is 10.2. The Hall–Kier alpha value is -0.930. The molecule has 17 heavy (non-hydrogen) atoms. The molecule has 96 valence electrons. The molecular formula is C14H25N3. The largest absolute Gasteiger partial charge is 0.330 e. The Labute approximate surface area is 105 Å². The molecule has 0 spiro atoms. The number of rotatable bonds is 7. The first kappa shape index (κ1) is 14.1. The maximum absolute atomic E-state index is 5.76. The SMILES string of the molecule is CCC(CN)CN(CC)Cc1cccc(C)n1. The number of hydrogen-bond acceptors (Lipinski definition) is 3. The predicted molar refractivity (Wildman–Crippen MR) is 72.8 cm³/mol. The quantitative estimate of drug-likeness (QED) is 0.788. The molecule has 0 radical (unpaired) electrons. The van der Waals surface area contributed by atoms with E-state index in [1.165, 1.54) is 0 Å². The lowest BCUT2D eigenvalue weighted by molar-refractivity contribution is 0.230. The standard InChI is InChI=1S/C14H25N3/c1-4-13(9-15)10-17(5-2)11-14-8-6-7-12(3)16-14/h6-8,13H,4-5,9-11,15H2,1-3H3. The van der Waals surface area contributed by atoms with E-state index < -0.39 is 0 Å². The van der Waals surface area contributed by atoms with Gasteiger partial charge in [-0.25, -0.2) is 0 Å². The van der Waals surface area contributed by atoms with Crippen LogP contribution in [0.4, 0.5) is 0 Å². The number of aromatic nitrogens is 1. The average Bonchev–Trinajstić information content (AvgIpc) is 2.34. The fourth-order valence-corrected chi connectivity index (χ4v) is 1.96. The summed E-state index contributed by atoms with van der Waals surface area (Å²) in [5.41, 5.74) is 8.00. The molecule has 1 aromatic rings. The van der Waals surface area contributed by atoms with Gasteiger partial charge in [0.15, 0.2) is 0 Å². The zero-order valence-corrected chi connectivity index (χ0v) is 11.3. The molecule has 0 aliphatic carbocycles. The molecule has 2 N–H and O–H groups in total. The van der Waals surface area contributed by atoms with Gasteiger partial charge in [-0.15, -0.1) is 0 Å². The van der Waals surface area contributed by atoms with E-state index in [1.54, 1.807) is 0 Å². The third-order valence-electron chi connectivity index (χ3n) is 3.21. The van der Waals surface area contributed by atoms with E-state index in [-0.39, 0.29) is 0 Å². The molecule has 3 nitrogen and oxygen atoms in total. The molecule has 0 aromatic carbocycles. The van der Waals surface area contributed by atoms with Crippen molar-refractivity contribution in [3.05, 3.63) is 29.6 Å². The number of pyridine rings is 1. The smallest absolute Gasteiger partial charge is 0.0547 e. The lowest BCUT2D eigenvalue weighted by atomic mass is 10.1. The maximum Gasteiger partial charge on any atom is 0.0547 e.